The molecule has 0 radical (unpaired) electrons. The van der Waals surface area contributed by atoms with Crippen molar-refractivity contribution in [1.82, 2.24) is 4.57 Å². The average molecular weight is 243 g/mol. The predicted molar refractivity (Wildman–Crippen MR) is 65.5 cm³/mol. The summed E-state index contributed by atoms with van der Waals surface area (Å²) in [5.74, 6) is 0. The van der Waals surface area contributed by atoms with E-state index in [4.69, 9.17) is 28.9 Å². The fraction of sp³-hybridized carbons (Fsp3) is 0.273. The smallest absolute Gasteiger partial charge is 0.0671 e. The number of halogens is 2. The summed E-state index contributed by atoms with van der Waals surface area (Å²) in [6.07, 6.45) is 2.00. The molecule has 0 fully saturated rings. The van der Waals surface area contributed by atoms with E-state index in [1.807, 2.05) is 30.8 Å². The number of aryl methyl sites for hydroxylation is 1. The van der Waals surface area contributed by atoms with Crippen LogP contribution in [0.25, 0.3) is 10.9 Å². The van der Waals surface area contributed by atoms with Gasteiger partial charge < -0.3 is 10.3 Å². The van der Waals surface area contributed by atoms with Crippen LogP contribution < -0.4 is 5.73 Å². The van der Waals surface area contributed by atoms with E-state index >= 15 is 0 Å². The van der Waals surface area contributed by atoms with Gasteiger partial charge in [0.05, 0.1) is 10.5 Å². The minimum absolute atomic E-state index is 0.0248. The highest BCUT2D eigenvalue weighted by molar-refractivity contribution is 6.38. The molecule has 1 heterocycles. The van der Waals surface area contributed by atoms with E-state index in [-0.39, 0.29) is 6.04 Å². The number of rotatable bonds is 1. The molecule has 0 spiro atoms. The Morgan fingerprint density at radius 2 is 2.00 bits per heavy atom. The molecule has 0 aliphatic carbocycles. The summed E-state index contributed by atoms with van der Waals surface area (Å²) in [6.45, 7) is 1.95. The Labute approximate surface area is 98.6 Å². The lowest BCUT2D eigenvalue weighted by Crippen LogP contribution is -2.03. The van der Waals surface area contributed by atoms with E-state index in [0.717, 1.165) is 16.5 Å². The van der Waals surface area contributed by atoms with E-state index in [1.165, 1.54) is 0 Å². The highest BCUT2D eigenvalue weighted by Gasteiger charge is 2.13. The Balaban J connectivity index is 2.87. The molecular weight excluding hydrogens is 231 g/mol. The SMILES string of the molecule is CC(N)c1cn(C)c2c(Cl)cc(Cl)cc12. The molecule has 80 valence electrons. The summed E-state index contributed by atoms with van der Waals surface area (Å²) < 4.78 is 1.98. The second-order valence-electron chi connectivity index (χ2n) is 3.77. The van der Waals surface area contributed by atoms with E-state index < -0.39 is 0 Å². The number of fused-ring (bicyclic) bond motifs is 1. The van der Waals surface area contributed by atoms with Gasteiger partial charge in [0.15, 0.2) is 0 Å². The number of nitrogens with two attached hydrogens (primary N) is 1. The molecule has 0 saturated heterocycles. The highest BCUT2D eigenvalue weighted by atomic mass is 35.5. The molecular formula is C11H12Cl2N2. The van der Waals surface area contributed by atoms with Crippen molar-refractivity contribution in [2.24, 2.45) is 12.8 Å². The normalized spacial score (nSPS) is 13.4. The van der Waals surface area contributed by atoms with Crippen molar-refractivity contribution in [3.05, 3.63) is 33.9 Å². The molecule has 4 heteroatoms. The first-order valence-electron chi connectivity index (χ1n) is 4.70. The fourth-order valence-electron chi connectivity index (χ4n) is 1.85. The molecule has 2 nitrogen and oxygen atoms in total. The maximum absolute atomic E-state index is 6.14. The highest BCUT2D eigenvalue weighted by Crippen LogP contribution is 2.32. The predicted octanol–water partition coefficient (Wildman–Crippen LogP) is 3.50. The van der Waals surface area contributed by atoms with Crippen molar-refractivity contribution in [2.75, 3.05) is 0 Å². The minimum atomic E-state index is -0.0248. The second kappa shape index (κ2) is 3.71. The second-order valence-corrected chi connectivity index (χ2v) is 4.61. The minimum Gasteiger partial charge on any atom is -0.349 e. The molecule has 2 rings (SSSR count). The van der Waals surface area contributed by atoms with Gasteiger partial charge in [-0.25, -0.2) is 0 Å². The van der Waals surface area contributed by atoms with E-state index in [1.54, 1.807) is 6.07 Å². The van der Waals surface area contributed by atoms with Gasteiger partial charge in [-0.2, -0.15) is 0 Å². The summed E-state index contributed by atoms with van der Waals surface area (Å²) in [7, 11) is 1.95. The maximum Gasteiger partial charge on any atom is 0.0671 e. The van der Waals surface area contributed by atoms with Crippen LogP contribution in [-0.2, 0) is 7.05 Å². The Bertz CT molecular complexity index is 515. The van der Waals surface area contributed by atoms with Crippen LogP contribution in [0.5, 0.6) is 0 Å². The van der Waals surface area contributed by atoms with Crippen LogP contribution in [0, 0.1) is 0 Å². The summed E-state index contributed by atoms with van der Waals surface area (Å²) in [5, 5.41) is 2.33. The standard InChI is InChI=1S/C11H12Cl2N2/c1-6(14)9-5-15(2)11-8(9)3-7(12)4-10(11)13/h3-6H,14H2,1-2H3. The number of hydrogen-bond acceptors (Lipinski definition) is 1. The van der Waals surface area contributed by atoms with Gasteiger partial charge in [-0.1, -0.05) is 23.2 Å². The molecule has 0 aliphatic heterocycles. The molecule has 1 aromatic heterocycles. The van der Waals surface area contributed by atoms with Crippen LogP contribution in [0.4, 0.5) is 0 Å². The molecule has 2 N–H and O–H groups in total. The molecule has 1 unspecified atom stereocenters. The van der Waals surface area contributed by atoms with Crippen molar-refractivity contribution in [2.45, 2.75) is 13.0 Å². The van der Waals surface area contributed by atoms with Crippen molar-refractivity contribution < 1.29 is 0 Å². The Morgan fingerprint density at radius 1 is 1.33 bits per heavy atom. The quantitative estimate of drug-likeness (QED) is 0.816. The summed E-state index contributed by atoms with van der Waals surface area (Å²) in [5.41, 5.74) is 7.94. The largest absolute Gasteiger partial charge is 0.349 e. The summed E-state index contributed by atoms with van der Waals surface area (Å²) in [4.78, 5) is 0. The molecule has 0 saturated carbocycles. The lowest BCUT2D eigenvalue weighted by atomic mass is 10.1. The van der Waals surface area contributed by atoms with Crippen LogP contribution in [0.3, 0.4) is 0 Å². The zero-order valence-corrected chi connectivity index (χ0v) is 10.1. The van der Waals surface area contributed by atoms with Gasteiger partial charge in [0.2, 0.25) is 0 Å². The number of nitrogens with zero attached hydrogens (tertiary/aromatic N) is 1. The number of benzene rings is 1. The van der Waals surface area contributed by atoms with E-state index in [2.05, 4.69) is 0 Å². The van der Waals surface area contributed by atoms with Gasteiger partial charge in [-0.3, -0.25) is 0 Å². The first-order valence-corrected chi connectivity index (χ1v) is 5.46. The van der Waals surface area contributed by atoms with Crippen LogP contribution in [0.15, 0.2) is 18.3 Å². The van der Waals surface area contributed by atoms with Gasteiger partial charge in [0, 0.05) is 29.7 Å². The zero-order chi connectivity index (χ0) is 11.2. The van der Waals surface area contributed by atoms with Gasteiger partial charge in [-0.15, -0.1) is 0 Å². The van der Waals surface area contributed by atoms with Gasteiger partial charge in [-0.05, 0) is 24.6 Å². The van der Waals surface area contributed by atoms with Gasteiger partial charge in [0.1, 0.15) is 0 Å². The molecule has 2 aromatic rings. The van der Waals surface area contributed by atoms with Crippen molar-refractivity contribution in [3.8, 4) is 0 Å². The fourth-order valence-corrected chi connectivity index (χ4v) is 2.48. The molecule has 0 aliphatic rings. The molecule has 0 bridgehead atoms. The van der Waals surface area contributed by atoms with Gasteiger partial charge in [0.25, 0.3) is 0 Å². The van der Waals surface area contributed by atoms with Crippen LogP contribution in [-0.4, -0.2) is 4.57 Å². The van der Waals surface area contributed by atoms with Crippen molar-refractivity contribution in [3.63, 3.8) is 0 Å². The Hall–Kier alpha value is -0.700. The van der Waals surface area contributed by atoms with E-state index in [9.17, 15) is 0 Å². The third kappa shape index (κ3) is 1.73. The van der Waals surface area contributed by atoms with Crippen LogP contribution >= 0.6 is 23.2 Å². The summed E-state index contributed by atoms with van der Waals surface area (Å²) >= 11 is 12.1. The maximum atomic E-state index is 6.14. The lowest BCUT2D eigenvalue weighted by molar-refractivity contribution is 0.815. The third-order valence-corrected chi connectivity index (χ3v) is 3.02. The average Bonchev–Trinajstić information content (AvgIpc) is 2.42. The third-order valence-electron chi connectivity index (χ3n) is 2.52. The molecule has 15 heavy (non-hydrogen) atoms. The van der Waals surface area contributed by atoms with Gasteiger partial charge >= 0.3 is 0 Å². The molecule has 1 atom stereocenters. The molecule has 1 aromatic carbocycles. The number of aromatic nitrogens is 1. The lowest BCUT2D eigenvalue weighted by Gasteiger charge is -2.03. The topological polar surface area (TPSA) is 30.9 Å². The van der Waals surface area contributed by atoms with E-state index in [0.29, 0.717) is 10.0 Å². The monoisotopic (exact) mass is 242 g/mol. The first-order chi connectivity index (χ1) is 7.00. The Kier molecular flexibility index (Phi) is 2.67. The van der Waals surface area contributed by atoms with Crippen LogP contribution in [0.1, 0.15) is 18.5 Å². The van der Waals surface area contributed by atoms with Crippen molar-refractivity contribution >= 4 is 34.1 Å². The first kappa shape index (κ1) is 10.8. The van der Waals surface area contributed by atoms with Crippen molar-refractivity contribution in [1.29, 1.82) is 0 Å². The van der Waals surface area contributed by atoms with Crippen LogP contribution in [0.2, 0.25) is 10.0 Å². The number of hydrogen-bond donors (Lipinski definition) is 1. The molecule has 0 amide bonds. The zero-order valence-electron chi connectivity index (χ0n) is 8.59. The summed E-state index contributed by atoms with van der Waals surface area (Å²) in [6, 6.07) is 3.63. The Morgan fingerprint density at radius 3 is 2.60 bits per heavy atom.